The lowest BCUT2D eigenvalue weighted by atomic mass is 10.1. The molecule has 0 aliphatic carbocycles. The molecule has 1 aromatic carbocycles. The number of benzene rings is 1. The van der Waals surface area contributed by atoms with Gasteiger partial charge in [-0.3, -0.25) is 4.79 Å². The molecule has 20 heavy (non-hydrogen) atoms. The fraction of sp³-hybridized carbons (Fsp3) is 0.286. The summed E-state index contributed by atoms with van der Waals surface area (Å²) in [5.41, 5.74) is 1.73. The molecule has 0 fully saturated rings. The maximum atomic E-state index is 13.0. The summed E-state index contributed by atoms with van der Waals surface area (Å²) in [6, 6.07) is 2.88. The highest BCUT2D eigenvalue weighted by molar-refractivity contribution is 5.90. The Labute approximate surface area is 114 Å². The monoisotopic (exact) mass is 280 g/mol. The summed E-state index contributed by atoms with van der Waals surface area (Å²) >= 11 is 0. The Morgan fingerprint density at radius 3 is 2.45 bits per heavy atom. The fourth-order valence-corrected chi connectivity index (χ4v) is 1.95. The molecule has 0 radical (unpaired) electrons. The third kappa shape index (κ3) is 3.40. The minimum atomic E-state index is -0.731. The van der Waals surface area contributed by atoms with Crippen LogP contribution >= 0.6 is 0 Å². The second-order valence-corrected chi connectivity index (χ2v) is 4.51. The van der Waals surface area contributed by atoms with Crippen LogP contribution in [0.5, 0.6) is 0 Å². The summed E-state index contributed by atoms with van der Waals surface area (Å²) in [5, 5.41) is 6.25. The van der Waals surface area contributed by atoms with E-state index in [1.807, 2.05) is 0 Å². The van der Waals surface area contributed by atoms with Crippen molar-refractivity contribution in [2.75, 3.05) is 5.32 Å². The highest BCUT2D eigenvalue weighted by Gasteiger charge is 2.11. The van der Waals surface area contributed by atoms with E-state index in [4.69, 9.17) is 4.52 Å². The van der Waals surface area contributed by atoms with Gasteiger partial charge >= 0.3 is 0 Å². The van der Waals surface area contributed by atoms with Crippen LogP contribution in [-0.4, -0.2) is 11.1 Å². The van der Waals surface area contributed by atoms with Crippen molar-refractivity contribution in [3.8, 4) is 0 Å². The average molecular weight is 280 g/mol. The number of nitrogens with one attached hydrogen (secondary N) is 1. The number of aromatic nitrogens is 1. The van der Waals surface area contributed by atoms with E-state index >= 15 is 0 Å². The van der Waals surface area contributed by atoms with Crippen molar-refractivity contribution in [3.05, 3.63) is 46.9 Å². The zero-order valence-electron chi connectivity index (χ0n) is 11.2. The van der Waals surface area contributed by atoms with Gasteiger partial charge in [0, 0.05) is 23.7 Å². The highest BCUT2D eigenvalue weighted by Crippen LogP contribution is 2.16. The molecule has 0 spiro atoms. The minimum Gasteiger partial charge on any atom is -0.361 e. The van der Waals surface area contributed by atoms with E-state index in [-0.39, 0.29) is 18.0 Å². The molecule has 1 N–H and O–H groups in total. The molecule has 2 rings (SSSR count). The smallest absolute Gasteiger partial charge is 0.224 e. The van der Waals surface area contributed by atoms with Crippen LogP contribution in [0.4, 0.5) is 14.5 Å². The van der Waals surface area contributed by atoms with Crippen molar-refractivity contribution in [1.29, 1.82) is 0 Å². The van der Waals surface area contributed by atoms with Crippen molar-refractivity contribution < 1.29 is 18.1 Å². The van der Waals surface area contributed by atoms with Crippen molar-refractivity contribution in [3.63, 3.8) is 0 Å². The molecule has 1 heterocycles. The molecule has 0 aliphatic heterocycles. The standard InChI is InChI=1S/C14H14F2N2O2/c1-8-13(9(2)20-18-8)3-4-14(19)17-12-6-10(15)5-11(16)7-12/h5-7H,3-4H2,1-2H3,(H,17,19). The van der Waals surface area contributed by atoms with E-state index in [0.717, 1.165) is 29.5 Å². The fourth-order valence-electron chi connectivity index (χ4n) is 1.95. The number of halogens is 2. The molecule has 0 saturated heterocycles. The van der Waals surface area contributed by atoms with Gasteiger partial charge in [0.05, 0.1) is 5.69 Å². The van der Waals surface area contributed by atoms with Crippen LogP contribution in [0, 0.1) is 25.5 Å². The van der Waals surface area contributed by atoms with Gasteiger partial charge in [-0.25, -0.2) is 8.78 Å². The second kappa shape index (κ2) is 5.81. The molecule has 0 aliphatic rings. The van der Waals surface area contributed by atoms with Crippen LogP contribution in [0.1, 0.15) is 23.4 Å². The average Bonchev–Trinajstić information content (AvgIpc) is 2.65. The van der Waals surface area contributed by atoms with E-state index in [1.165, 1.54) is 0 Å². The first-order valence-electron chi connectivity index (χ1n) is 6.13. The van der Waals surface area contributed by atoms with Gasteiger partial charge in [0.25, 0.3) is 0 Å². The van der Waals surface area contributed by atoms with Gasteiger partial charge < -0.3 is 9.84 Å². The number of nitrogens with zero attached hydrogens (tertiary/aromatic N) is 1. The number of carbonyl (C=O) groups excluding carboxylic acids is 1. The Hall–Kier alpha value is -2.24. The molecule has 1 amide bonds. The number of carbonyl (C=O) groups is 1. The third-order valence-electron chi connectivity index (χ3n) is 2.93. The molecule has 0 bridgehead atoms. The number of aryl methyl sites for hydroxylation is 2. The molecule has 0 atom stereocenters. The zero-order chi connectivity index (χ0) is 14.7. The summed E-state index contributed by atoms with van der Waals surface area (Å²) in [5.74, 6) is -1.11. The van der Waals surface area contributed by atoms with E-state index in [2.05, 4.69) is 10.5 Å². The van der Waals surface area contributed by atoms with Gasteiger partial charge in [-0.1, -0.05) is 5.16 Å². The summed E-state index contributed by atoms with van der Waals surface area (Å²) in [7, 11) is 0. The van der Waals surface area contributed by atoms with Gasteiger partial charge in [-0.15, -0.1) is 0 Å². The van der Waals surface area contributed by atoms with Gasteiger partial charge in [0.1, 0.15) is 17.4 Å². The molecule has 4 nitrogen and oxygen atoms in total. The van der Waals surface area contributed by atoms with Gasteiger partial charge in [0.2, 0.25) is 5.91 Å². The lowest BCUT2D eigenvalue weighted by Gasteiger charge is -2.05. The summed E-state index contributed by atoms with van der Waals surface area (Å²) in [4.78, 5) is 11.7. The maximum Gasteiger partial charge on any atom is 0.224 e. The van der Waals surface area contributed by atoms with Crippen molar-refractivity contribution in [2.45, 2.75) is 26.7 Å². The molecule has 0 unspecified atom stereocenters. The van der Waals surface area contributed by atoms with Gasteiger partial charge in [0.15, 0.2) is 0 Å². The van der Waals surface area contributed by atoms with Crippen LogP contribution in [0.3, 0.4) is 0 Å². The second-order valence-electron chi connectivity index (χ2n) is 4.51. The molecule has 0 saturated carbocycles. The first-order chi connectivity index (χ1) is 9.45. The summed E-state index contributed by atoms with van der Waals surface area (Å²) in [6.45, 7) is 3.57. The number of hydrogen-bond donors (Lipinski definition) is 1. The predicted molar refractivity (Wildman–Crippen MR) is 69.3 cm³/mol. The zero-order valence-corrected chi connectivity index (χ0v) is 11.2. The Kier molecular flexibility index (Phi) is 4.12. The van der Waals surface area contributed by atoms with Crippen LogP contribution in [0.2, 0.25) is 0 Å². The quantitative estimate of drug-likeness (QED) is 0.936. The minimum absolute atomic E-state index is 0.103. The molecule has 2 aromatic rings. The number of rotatable bonds is 4. The molecule has 6 heteroatoms. The molecule has 1 aromatic heterocycles. The first-order valence-corrected chi connectivity index (χ1v) is 6.13. The van der Waals surface area contributed by atoms with E-state index in [9.17, 15) is 13.6 Å². The maximum absolute atomic E-state index is 13.0. The van der Waals surface area contributed by atoms with Gasteiger partial charge in [-0.2, -0.15) is 0 Å². The third-order valence-corrected chi connectivity index (χ3v) is 2.93. The highest BCUT2D eigenvalue weighted by atomic mass is 19.1. The SMILES string of the molecule is Cc1noc(C)c1CCC(=O)Nc1cc(F)cc(F)c1. The Morgan fingerprint density at radius 2 is 1.90 bits per heavy atom. The van der Waals surface area contributed by atoms with Gasteiger partial charge in [-0.05, 0) is 32.4 Å². The number of amides is 1. The predicted octanol–water partition coefficient (Wildman–Crippen LogP) is 3.14. The molecular formula is C14H14F2N2O2. The molecular weight excluding hydrogens is 266 g/mol. The normalized spacial score (nSPS) is 10.6. The summed E-state index contributed by atoms with van der Waals surface area (Å²) < 4.78 is 31.0. The summed E-state index contributed by atoms with van der Waals surface area (Å²) in [6.07, 6.45) is 0.645. The van der Waals surface area contributed by atoms with Crippen molar-refractivity contribution in [1.82, 2.24) is 5.16 Å². The Bertz CT molecular complexity index is 598. The van der Waals surface area contributed by atoms with Crippen LogP contribution in [0.15, 0.2) is 22.7 Å². The largest absolute Gasteiger partial charge is 0.361 e. The van der Waals surface area contributed by atoms with Crippen molar-refractivity contribution >= 4 is 11.6 Å². The topological polar surface area (TPSA) is 55.1 Å². The number of hydrogen-bond acceptors (Lipinski definition) is 3. The van der Waals surface area contributed by atoms with E-state index in [1.54, 1.807) is 13.8 Å². The van der Waals surface area contributed by atoms with Crippen LogP contribution in [0.25, 0.3) is 0 Å². The lowest BCUT2D eigenvalue weighted by molar-refractivity contribution is -0.116. The Morgan fingerprint density at radius 1 is 1.25 bits per heavy atom. The van der Waals surface area contributed by atoms with Crippen molar-refractivity contribution in [2.24, 2.45) is 0 Å². The van der Waals surface area contributed by atoms with E-state index < -0.39 is 11.6 Å². The number of anilines is 1. The molecule has 106 valence electrons. The Balaban J connectivity index is 1.96. The van der Waals surface area contributed by atoms with Crippen LogP contribution < -0.4 is 5.32 Å². The van der Waals surface area contributed by atoms with E-state index in [0.29, 0.717) is 12.2 Å². The first kappa shape index (κ1) is 14.2. The van der Waals surface area contributed by atoms with Crippen LogP contribution in [-0.2, 0) is 11.2 Å². The lowest BCUT2D eigenvalue weighted by Crippen LogP contribution is -2.13.